The molecule has 0 rings (SSSR count). The lowest BCUT2D eigenvalue weighted by Crippen LogP contribution is -2.34. The van der Waals surface area contributed by atoms with Crippen LogP contribution in [0.4, 0.5) is 0 Å². The van der Waals surface area contributed by atoms with Gasteiger partial charge >= 0.3 is 0 Å². The standard InChI is InChI=1S/C5H9BrCl2O/c1-5(8,3-9)4(6)2-7/h4,9H,2-3H2,1H3/t4-,5+/m0/s1. The number of alkyl halides is 3. The Kier molecular flexibility index (Phi) is 4.47. The van der Waals surface area contributed by atoms with Crippen LogP contribution in [0.25, 0.3) is 0 Å². The molecular weight excluding hydrogens is 227 g/mol. The molecule has 0 saturated heterocycles. The summed E-state index contributed by atoms with van der Waals surface area (Å²) in [6, 6.07) is 0. The highest BCUT2D eigenvalue weighted by Gasteiger charge is 2.28. The predicted molar refractivity (Wildman–Crippen MR) is 44.8 cm³/mol. The third-order valence-corrected chi connectivity index (χ3v) is 3.76. The second-order valence-corrected chi connectivity index (χ2v) is 4.34. The maximum Gasteiger partial charge on any atom is 0.0784 e. The summed E-state index contributed by atoms with van der Waals surface area (Å²) in [4.78, 5) is -0.680. The van der Waals surface area contributed by atoms with E-state index < -0.39 is 4.87 Å². The van der Waals surface area contributed by atoms with Gasteiger partial charge in [-0.25, -0.2) is 0 Å². The van der Waals surface area contributed by atoms with E-state index in [1.807, 2.05) is 0 Å². The Balaban J connectivity index is 3.80. The Morgan fingerprint density at radius 3 is 2.33 bits per heavy atom. The number of hydrogen-bond acceptors (Lipinski definition) is 1. The highest BCUT2D eigenvalue weighted by atomic mass is 79.9. The Morgan fingerprint density at radius 1 is 1.78 bits per heavy atom. The van der Waals surface area contributed by atoms with Crippen LogP contribution in [0.1, 0.15) is 6.92 Å². The SMILES string of the molecule is C[C@@](Cl)(CO)[C@@H](Br)CCl. The fourth-order valence-corrected chi connectivity index (χ4v) is 0.901. The highest BCUT2D eigenvalue weighted by molar-refractivity contribution is 9.09. The maximum absolute atomic E-state index is 8.67. The molecule has 0 unspecified atom stereocenters. The normalized spacial score (nSPS) is 21.0. The number of hydrogen-bond donors (Lipinski definition) is 1. The van der Waals surface area contributed by atoms with Crippen LogP contribution in [0.5, 0.6) is 0 Å². The molecule has 0 radical (unpaired) electrons. The number of aliphatic hydroxyl groups excluding tert-OH is 1. The van der Waals surface area contributed by atoms with Gasteiger partial charge in [0.25, 0.3) is 0 Å². The van der Waals surface area contributed by atoms with Crippen LogP contribution in [0.2, 0.25) is 0 Å². The van der Waals surface area contributed by atoms with Gasteiger partial charge < -0.3 is 5.11 Å². The Morgan fingerprint density at radius 2 is 2.22 bits per heavy atom. The first-order valence-electron chi connectivity index (χ1n) is 2.54. The van der Waals surface area contributed by atoms with Crippen molar-refractivity contribution in [3.05, 3.63) is 0 Å². The summed E-state index contributed by atoms with van der Waals surface area (Å²) in [5.74, 6) is 0.403. The van der Waals surface area contributed by atoms with Crippen LogP contribution in [0.15, 0.2) is 0 Å². The van der Waals surface area contributed by atoms with Crippen molar-refractivity contribution in [2.45, 2.75) is 16.6 Å². The first-order chi connectivity index (χ1) is 4.04. The van der Waals surface area contributed by atoms with Crippen molar-refractivity contribution in [1.29, 1.82) is 0 Å². The molecular formula is C5H9BrCl2O. The van der Waals surface area contributed by atoms with Crippen molar-refractivity contribution in [2.75, 3.05) is 12.5 Å². The van der Waals surface area contributed by atoms with Crippen LogP contribution in [0.3, 0.4) is 0 Å². The molecule has 4 heteroatoms. The Bertz CT molecular complexity index is 87.0. The molecule has 0 heterocycles. The minimum Gasteiger partial charge on any atom is -0.395 e. The lowest BCUT2D eigenvalue weighted by atomic mass is 10.1. The second kappa shape index (κ2) is 4.02. The minimum absolute atomic E-state index is 0.0432. The molecule has 0 amide bonds. The van der Waals surface area contributed by atoms with Crippen LogP contribution in [-0.2, 0) is 0 Å². The first-order valence-corrected chi connectivity index (χ1v) is 4.37. The van der Waals surface area contributed by atoms with Gasteiger partial charge in [0.2, 0.25) is 0 Å². The minimum atomic E-state index is -0.637. The summed E-state index contributed by atoms with van der Waals surface area (Å²) < 4.78 is 0. The summed E-state index contributed by atoms with van der Waals surface area (Å²) in [5, 5.41) is 8.67. The van der Waals surface area contributed by atoms with Gasteiger partial charge in [-0.1, -0.05) is 15.9 Å². The Hall–Kier alpha value is 1.02. The molecule has 0 aromatic rings. The zero-order chi connectivity index (χ0) is 7.49. The van der Waals surface area contributed by atoms with Crippen LogP contribution in [-0.4, -0.2) is 27.3 Å². The van der Waals surface area contributed by atoms with Gasteiger partial charge in [0.1, 0.15) is 0 Å². The molecule has 0 spiro atoms. The molecule has 0 aliphatic carbocycles. The van der Waals surface area contributed by atoms with E-state index in [-0.39, 0.29) is 11.4 Å². The van der Waals surface area contributed by atoms with E-state index in [1.165, 1.54) is 0 Å². The van der Waals surface area contributed by atoms with E-state index in [0.717, 1.165) is 0 Å². The van der Waals surface area contributed by atoms with Gasteiger partial charge in [-0.05, 0) is 6.92 Å². The molecule has 0 bridgehead atoms. The quantitative estimate of drug-likeness (QED) is 0.742. The van der Waals surface area contributed by atoms with Crippen molar-refractivity contribution in [2.24, 2.45) is 0 Å². The Labute approximate surface area is 73.5 Å². The smallest absolute Gasteiger partial charge is 0.0784 e. The lowest BCUT2D eigenvalue weighted by molar-refractivity contribution is 0.254. The van der Waals surface area contributed by atoms with Crippen molar-refractivity contribution in [1.82, 2.24) is 0 Å². The molecule has 0 saturated carbocycles. The fraction of sp³-hybridized carbons (Fsp3) is 1.00. The van der Waals surface area contributed by atoms with Crippen molar-refractivity contribution in [3.63, 3.8) is 0 Å². The molecule has 1 nitrogen and oxygen atoms in total. The van der Waals surface area contributed by atoms with Crippen molar-refractivity contribution in [3.8, 4) is 0 Å². The maximum atomic E-state index is 8.67. The largest absolute Gasteiger partial charge is 0.395 e. The highest BCUT2D eigenvalue weighted by Crippen LogP contribution is 2.25. The molecule has 0 aliphatic rings. The van der Waals surface area contributed by atoms with E-state index in [1.54, 1.807) is 6.92 Å². The van der Waals surface area contributed by atoms with Gasteiger partial charge in [-0.15, -0.1) is 23.2 Å². The predicted octanol–water partition coefficient (Wildman–Crippen LogP) is 1.98. The first kappa shape index (κ1) is 10.0. The molecule has 0 aromatic heterocycles. The van der Waals surface area contributed by atoms with Gasteiger partial charge in [0.15, 0.2) is 0 Å². The van der Waals surface area contributed by atoms with Crippen molar-refractivity contribution >= 4 is 39.1 Å². The molecule has 2 atom stereocenters. The fourth-order valence-electron chi connectivity index (χ4n) is 0.260. The van der Waals surface area contributed by atoms with Crippen LogP contribution in [0, 0.1) is 0 Å². The van der Waals surface area contributed by atoms with E-state index >= 15 is 0 Å². The molecule has 0 fully saturated rings. The molecule has 56 valence electrons. The van der Waals surface area contributed by atoms with Gasteiger partial charge in [-0.3, -0.25) is 0 Å². The van der Waals surface area contributed by atoms with E-state index in [2.05, 4.69) is 15.9 Å². The van der Waals surface area contributed by atoms with Crippen LogP contribution >= 0.6 is 39.1 Å². The topological polar surface area (TPSA) is 20.2 Å². The zero-order valence-corrected chi connectivity index (χ0v) is 8.17. The lowest BCUT2D eigenvalue weighted by Gasteiger charge is -2.23. The number of halogens is 3. The van der Waals surface area contributed by atoms with Crippen LogP contribution < -0.4 is 0 Å². The zero-order valence-electron chi connectivity index (χ0n) is 5.07. The van der Waals surface area contributed by atoms with E-state index in [4.69, 9.17) is 28.3 Å². The third kappa shape index (κ3) is 3.08. The summed E-state index contributed by atoms with van der Waals surface area (Å²) in [7, 11) is 0. The van der Waals surface area contributed by atoms with E-state index in [9.17, 15) is 0 Å². The molecule has 0 aliphatic heterocycles. The third-order valence-electron chi connectivity index (χ3n) is 1.10. The summed E-state index contributed by atoms with van der Waals surface area (Å²) >= 11 is 14.5. The van der Waals surface area contributed by atoms with Gasteiger partial charge in [0.05, 0.1) is 11.5 Å². The summed E-state index contributed by atoms with van der Waals surface area (Å²) in [6.07, 6.45) is 0. The monoisotopic (exact) mass is 234 g/mol. The van der Waals surface area contributed by atoms with Crippen molar-refractivity contribution < 1.29 is 5.11 Å². The molecule has 0 aromatic carbocycles. The van der Waals surface area contributed by atoms with Gasteiger partial charge in [-0.2, -0.15) is 0 Å². The van der Waals surface area contributed by atoms with Gasteiger partial charge in [0, 0.05) is 10.7 Å². The second-order valence-electron chi connectivity index (χ2n) is 2.06. The number of aliphatic hydroxyl groups is 1. The summed E-state index contributed by atoms with van der Waals surface area (Å²) in [5.41, 5.74) is 0. The average Bonchev–Trinajstić information content (AvgIpc) is 1.86. The molecule has 1 N–H and O–H groups in total. The summed E-state index contributed by atoms with van der Waals surface area (Å²) in [6.45, 7) is 1.66. The van der Waals surface area contributed by atoms with E-state index in [0.29, 0.717) is 5.88 Å². The number of rotatable bonds is 3. The molecule has 9 heavy (non-hydrogen) atoms. The average molecular weight is 236 g/mol.